The highest BCUT2D eigenvalue weighted by atomic mass is 32.2. The summed E-state index contributed by atoms with van der Waals surface area (Å²) in [7, 11) is -3.48. The Morgan fingerprint density at radius 3 is 2.29 bits per heavy atom. The Morgan fingerprint density at radius 1 is 1.03 bits per heavy atom. The monoisotopic (exact) mass is 504 g/mol. The van der Waals surface area contributed by atoms with Gasteiger partial charge in [-0.05, 0) is 70.7 Å². The third-order valence-corrected chi connectivity index (χ3v) is 10.00. The molecule has 1 unspecified atom stereocenters. The molecule has 1 aliphatic heterocycles. The van der Waals surface area contributed by atoms with Crippen molar-refractivity contribution < 1.29 is 13.2 Å². The molecule has 9 heteroatoms. The standard InChI is InChI=1S/C25H36N4O3S2/c1-18-19(2)29(22-10-6-4-7-11-22)25(26-18)33-20(3)24(30)27-21-12-14-23(15-13-21)34(31,32)28-16-8-5-9-17-28/h12-15,20,22H,4-11,16-17H2,1-3H3,(H,27,30). The number of hydrogen-bond acceptors (Lipinski definition) is 5. The first-order valence-corrected chi connectivity index (χ1v) is 14.7. The van der Waals surface area contributed by atoms with Crippen molar-refractivity contribution in [3.05, 3.63) is 35.7 Å². The smallest absolute Gasteiger partial charge is 0.243 e. The largest absolute Gasteiger partial charge is 0.325 e. The van der Waals surface area contributed by atoms with E-state index >= 15 is 0 Å². The summed E-state index contributed by atoms with van der Waals surface area (Å²) in [4.78, 5) is 18.0. The summed E-state index contributed by atoms with van der Waals surface area (Å²) in [6, 6.07) is 6.97. The lowest BCUT2D eigenvalue weighted by Gasteiger charge is -2.26. The van der Waals surface area contributed by atoms with Crippen molar-refractivity contribution in [2.45, 2.75) is 93.5 Å². The number of nitrogens with zero attached hydrogens (tertiary/aromatic N) is 3. The first-order valence-electron chi connectivity index (χ1n) is 12.4. The van der Waals surface area contributed by atoms with Gasteiger partial charge in [-0.1, -0.05) is 37.4 Å². The second-order valence-electron chi connectivity index (χ2n) is 9.47. The summed E-state index contributed by atoms with van der Waals surface area (Å²) in [5.41, 5.74) is 2.80. The number of rotatable bonds is 7. The van der Waals surface area contributed by atoms with Crippen LogP contribution in [-0.4, -0.2) is 46.5 Å². The fourth-order valence-corrected chi connectivity index (χ4v) is 7.46. The minimum absolute atomic E-state index is 0.120. The van der Waals surface area contributed by atoms with Crippen molar-refractivity contribution in [1.82, 2.24) is 13.9 Å². The van der Waals surface area contributed by atoms with Crippen LogP contribution in [0.1, 0.15) is 75.7 Å². The number of anilines is 1. The van der Waals surface area contributed by atoms with E-state index in [0.29, 0.717) is 24.8 Å². The quantitative estimate of drug-likeness (QED) is 0.517. The predicted molar refractivity (Wildman–Crippen MR) is 137 cm³/mol. The third kappa shape index (κ3) is 5.52. The van der Waals surface area contributed by atoms with Gasteiger partial charge < -0.3 is 9.88 Å². The Labute approximate surface area is 207 Å². The molecule has 1 amide bonds. The number of benzene rings is 1. The number of piperidine rings is 1. The Hall–Kier alpha value is -1.84. The number of nitrogens with one attached hydrogen (secondary N) is 1. The Kier molecular flexibility index (Phi) is 8.05. The maximum atomic E-state index is 12.9. The molecule has 2 fully saturated rings. The van der Waals surface area contributed by atoms with Gasteiger partial charge in [0.25, 0.3) is 0 Å². The molecule has 1 aliphatic carbocycles. The molecule has 34 heavy (non-hydrogen) atoms. The van der Waals surface area contributed by atoms with Crippen molar-refractivity contribution >= 4 is 33.4 Å². The molecule has 2 aliphatic rings. The van der Waals surface area contributed by atoms with Crippen LogP contribution in [0.15, 0.2) is 34.3 Å². The van der Waals surface area contributed by atoms with Gasteiger partial charge in [0.15, 0.2) is 5.16 Å². The Balaban J connectivity index is 1.41. The van der Waals surface area contributed by atoms with Gasteiger partial charge in [0, 0.05) is 30.5 Å². The fourth-order valence-electron chi connectivity index (χ4n) is 4.87. The number of imidazole rings is 1. The van der Waals surface area contributed by atoms with Crippen molar-refractivity contribution in [2.75, 3.05) is 18.4 Å². The summed E-state index contributed by atoms with van der Waals surface area (Å²) < 4.78 is 29.6. The number of carbonyl (C=O) groups excluding carboxylic acids is 1. The maximum Gasteiger partial charge on any atom is 0.243 e. The predicted octanol–water partition coefficient (Wildman–Crippen LogP) is 5.30. The van der Waals surface area contributed by atoms with E-state index in [4.69, 9.17) is 4.98 Å². The normalized spacial score (nSPS) is 19.1. The summed E-state index contributed by atoms with van der Waals surface area (Å²) in [5.74, 6) is -0.120. The van der Waals surface area contributed by atoms with Crippen LogP contribution in [0.3, 0.4) is 0 Å². The number of sulfonamides is 1. The Bertz CT molecular complexity index is 1100. The minimum Gasteiger partial charge on any atom is -0.325 e. The van der Waals surface area contributed by atoms with Gasteiger partial charge >= 0.3 is 0 Å². The molecule has 2 aromatic rings. The van der Waals surface area contributed by atoms with Gasteiger partial charge in [0.1, 0.15) is 0 Å². The second kappa shape index (κ2) is 10.8. The van der Waals surface area contributed by atoms with Crippen molar-refractivity contribution in [3.8, 4) is 0 Å². The van der Waals surface area contributed by atoms with Gasteiger partial charge in [-0.25, -0.2) is 13.4 Å². The first kappa shape index (κ1) is 25.3. The molecule has 1 N–H and O–H groups in total. The molecule has 0 bridgehead atoms. The molecule has 1 atom stereocenters. The second-order valence-corrected chi connectivity index (χ2v) is 12.7. The number of aryl methyl sites for hydroxylation is 1. The highest BCUT2D eigenvalue weighted by Gasteiger charge is 2.27. The fraction of sp³-hybridized carbons (Fsp3) is 0.600. The van der Waals surface area contributed by atoms with Crippen LogP contribution in [0.25, 0.3) is 0 Å². The van der Waals surface area contributed by atoms with E-state index in [-0.39, 0.29) is 16.1 Å². The molecule has 2 heterocycles. The zero-order valence-corrected chi connectivity index (χ0v) is 22.1. The van der Waals surface area contributed by atoms with Gasteiger partial charge in [0.05, 0.1) is 15.8 Å². The molecule has 1 aromatic heterocycles. The first-order chi connectivity index (χ1) is 16.3. The van der Waals surface area contributed by atoms with Gasteiger partial charge in [-0.15, -0.1) is 0 Å². The molecule has 4 rings (SSSR count). The number of aromatic nitrogens is 2. The van der Waals surface area contributed by atoms with E-state index < -0.39 is 10.0 Å². The summed E-state index contributed by atoms with van der Waals surface area (Å²) in [6.45, 7) is 7.18. The van der Waals surface area contributed by atoms with E-state index in [1.807, 2.05) is 13.8 Å². The van der Waals surface area contributed by atoms with E-state index in [1.165, 1.54) is 36.7 Å². The van der Waals surface area contributed by atoms with Gasteiger partial charge in [-0.2, -0.15) is 4.31 Å². The number of hydrogen-bond donors (Lipinski definition) is 1. The summed E-state index contributed by atoms with van der Waals surface area (Å²) in [5, 5.41) is 3.51. The van der Waals surface area contributed by atoms with Gasteiger partial charge in [0.2, 0.25) is 15.9 Å². The van der Waals surface area contributed by atoms with E-state index in [9.17, 15) is 13.2 Å². The van der Waals surface area contributed by atoms with E-state index in [2.05, 4.69) is 16.8 Å². The van der Waals surface area contributed by atoms with Crippen LogP contribution < -0.4 is 5.32 Å². The minimum atomic E-state index is -3.48. The topological polar surface area (TPSA) is 84.3 Å². The molecule has 1 saturated carbocycles. The van der Waals surface area contributed by atoms with Crippen LogP contribution in [0, 0.1) is 13.8 Å². The van der Waals surface area contributed by atoms with Crippen molar-refractivity contribution in [3.63, 3.8) is 0 Å². The highest BCUT2D eigenvalue weighted by Crippen LogP contribution is 2.35. The number of amides is 1. The van der Waals surface area contributed by atoms with E-state index in [0.717, 1.165) is 43.0 Å². The lowest BCUT2D eigenvalue weighted by Crippen LogP contribution is -2.35. The zero-order valence-electron chi connectivity index (χ0n) is 20.4. The van der Waals surface area contributed by atoms with Crippen molar-refractivity contribution in [1.29, 1.82) is 0 Å². The molecule has 0 radical (unpaired) electrons. The van der Waals surface area contributed by atoms with E-state index in [1.54, 1.807) is 28.6 Å². The van der Waals surface area contributed by atoms with Crippen LogP contribution >= 0.6 is 11.8 Å². The summed E-state index contributed by atoms with van der Waals surface area (Å²) >= 11 is 1.49. The molecule has 7 nitrogen and oxygen atoms in total. The number of carbonyl (C=O) groups is 1. The third-order valence-electron chi connectivity index (χ3n) is 7.02. The summed E-state index contributed by atoms with van der Waals surface area (Å²) in [6.07, 6.45) is 8.99. The highest BCUT2D eigenvalue weighted by molar-refractivity contribution is 8.00. The molecule has 1 saturated heterocycles. The van der Waals surface area contributed by atoms with Crippen molar-refractivity contribution in [2.24, 2.45) is 0 Å². The SMILES string of the molecule is Cc1nc(SC(C)C(=O)Nc2ccc(S(=O)(=O)N3CCCCC3)cc2)n(C2CCCCC2)c1C. The molecular formula is C25H36N4O3S2. The Morgan fingerprint density at radius 2 is 1.65 bits per heavy atom. The van der Waals surface area contributed by atoms with Crippen LogP contribution in [0.2, 0.25) is 0 Å². The molecule has 0 spiro atoms. The average molecular weight is 505 g/mol. The van der Waals surface area contributed by atoms with Crippen LogP contribution in [0.5, 0.6) is 0 Å². The zero-order chi connectivity index (χ0) is 24.3. The molecular weight excluding hydrogens is 468 g/mol. The lowest BCUT2D eigenvalue weighted by atomic mass is 9.95. The number of thioether (sulfide) groups is 1. The van der Waals surface area contributed by atoms with Crippen LogP contribution in [-0.2, 0) is 14.8 Å². The van der Waals surface area contributed by atoms with Gasteiger partial charge in [-0.3, -0.25) is 4.79 Å². The lowest BCUT2D eigenvalue weighted by molar-refractivity contribution is -0.115. The average Bonchev–Trinajstić information content (AvgIpc) is 3.13. The molecule has 186 valence electrons. The molecule has 1 aromatic carbocycles. The van der Waals surface area contributed by atoms with Crippen LogP contribution in [0.4, 0.5) is 5.69 Å². The maximum absolute atomic E-state index is 12.9.